The highest BCUT2D eigenvalue weighted by molar-refractivity contribution is 6.53. The Hall–Kier alpha value is -4.95. The summed E-state index contributed by atoms with van der Waals surface area (Å²) in [5, 5.41) is 46.9. The minimum atomic E-state index is -3.27. The Morgan fingerprint density at radius 3 is 2.22 bits per heavy atom. The monoisotopic (exact) mass is 769 g/mol. The molecule has 4 N–H and O–H groups in total. The maximum Gasteiger partial charge on any atom is 0.343 e. The molecule has 8 atom stereocenters. The summed E-state index contributed by atoms with van der Waals surface area (Å²) in [6.45, 7) is 2.21. The summed E-state index contributed by atoms with van der Waals surface area (Å²) in [6.07, 6.45) is -8.42. The first-order valence-electron chi connectivity index (χ1n) is 16.9. The van der Waals surface area contributed by atoms with Gasteiger partial charge >= 0.3 is 11.9 Å². The molecule has 1 aliphatic heterocycles. The number of benzene rings is 2. The average Bonchev–Trinajstić information content (AvgIpc) is 3.14. The average molecular weight is 770 g/mol. The van der Waals surface area contributed by atoms with E-state index in [0.29, 0.717) is 0 Å². The van der Waals surface area contributed by atoms with Crippen molar-refractivity contribution in [2.24, 2.45) is 4.99 Å². The van der Waals surface area contributed by atoms with Crippen LogP contribution >= 0.6 is 0 Å². The smallest absolute Gasteiger partial charge is 0.343 e. The molecule has 4 aliphatic rings. The molecule has 1 fully saturated rings. The number of hydrogen-bond donors (Lipinski definition) is 4. The highest BCUT2D eigenvalue weighted by Gasteiger charge is 2.73. The van der Waals surface area contributed by atoms with Crippen LogP contribution in [-0.2, 0) is 45.2 Å². The fourth-order valence-corrected chi connectivity index (χ4v) is 8.21. The second-order valence-electron chi connectivity index (χ2n) is 13.5. The van der Waals surface area contributed by atoms with Gasteiger partial charge in [0.1, 0.15) is 35.4 Å². The van der Waals surface area contributed by atoms with Crippen LogP contribution in [0.25, 0.3) is 0 Å². The van der Waals surface area contributed by atoms with Crippen LogP contribution in [-0.4, -0.2) is 146 Å². The molecule has 0 unspecified atom stereocenters. The van der Waals surface area contributed by atoms with Gasteiger partial charge in [-0.1, -0.05) is 6.07 Å². The summed E-state index contributed by atoms with van der Waals surface area (Å²) in [5.74, 6) is -8.22. The van der Waals surface area contributed by atoms with Gasteiger partial charge in [0.05, 0.1) is 49.7 Å². The molecule has 0 bridgehead atoms. The number of aliphatic hydroxyl groups excluding tert-OH is 2. The van der Waals surface area contributed by atoms with Crippen molar-refractivity contribution < 1.29 is 82.4 Å². The molecule has 55 heavy (non-hydrogen) atoms. The molecule has 0 radical (unpaired) electrons. The number of phenols is 1. The Morgan fingerprint density at radius 1 is 0.945 bits per heavy atom. The Balaban J connectivity index is 1.57. The summed E-state index contributed by atoms with van der Waals surface area (Å²) < 4.78 is 37.5. The lowest BCUT2D eigenvalue weighted by Crippen LogP contribution is -2.73. The number of aliphatic imine (C=N–C) groups is 1. The number of carbonyl (C=O) groups excluding carboxylic acids is 6. The first-order valence-corrected chi connectivity index (χ1v) is 16.9. The molecule has 1 saturated heterocycles. The molecule has 18 nitrogen and oxygen atoms in total. The molecule has 0 spiro atoms. The molecule has 0 saturated carbocycles. The summed E-state index contributed by atoms with van der Waals surface area (Å²) in [7, 11) is 5.66. The second-order valence-corrected chi connectivity index (χ2v) is 13.5. The number of methoxy groups -OCH3 is 5. The number of aliphatic hydroxyl groups is 3. The number of ketones is 4. The Morgan fingerprint density at radius 2 is 1.62 bits per heavy atom. The quantitative estimate of drug-likeness (QED) is 0.257. The summed E-state index contributed by atoms with van der Waals surface area (Å²) in [6, 6.07) is 2.19. The van der Waals surface area contributed by atoms with Crippen LogP contribution < -0.4 is 4.74 Å². The van der Waals surface area contributed by atoms with E-state index in [1.54, 1.807) is 6.92 Å². The lowest BCUT2D eigenvalue weighted by atomic mass is 9.56. The van der Waals surface area contributed by atoms with Gasteiger partial charge in [-0.15, -0.1) is 0 Å². The molecular weight excluding hydrogens is 730 g/mol. The third kappa shape index (κ3) is 5.54. The zero-order valence-electron chi connectivity index (χ0n) is 30.8. The van der Waals surface area contributed by atoms with E-state index in [1.807, 2.05) is 0 Å². The Bertz CT molecular complexity index is 2070. The number of carbonyl (C=O) groups is 6. The molecule has 1 heterocycles. The van der Waals surface area contributed by atoms with Crippen molar-refractivity contribution in [3.05, 3.63) is 56.6 Å². The lowest BCUT2D eigenvalue weighted by Gasteiger charge is -2.53. The van der Waals surface area contributed by atoms with Crippen LogP contribution in [0.3, 0.4) is 0 Å². The van der Waals surface area contributed by atoms with E-state index in [-0.39, 0.29) is 16.7 Å². The Labute approximate surface area is 312 Å². The maximum atomic E-state index is 14.9. The fraction of sp³-hybridized carbons (Fsp3) is 0.486. The number of hydrogen-bond acceptors (Lipinski definition) is 18. The molecule has 2 aromatic rings. The van der Waals surface area contributed by atoms with Crippen LogP contribution in [0.5, 0.6) is 11.5 Å². The van der Waals surface area contributed by atoms with Gasteiger partial charge in [-0.3, -0.25) is 24.2 Å². The molecular formula is C37H39NO17. The highest BCUT2D eigenvalue weighted by Crippen LogP contribution is 2.57. The SMILES string of the molecule is COC(=O)COc1c(C(=O)OC)c(C)cc2c1[C@]1(O)C(=O)c3cc4c(c(O)c3C(=O)[C@]1(OC)[C@H](O)C2)C(=O)CC(=N[C@H]1O[C@@H](C)[C@H](OC)[C@@H](O)[C@H]1OC)C4=O. The number of esters is 2. The van der Waals surface area contributed by atoms with Gasteiger partial charge in [0.25, 0.3) is 0 Å². The number of aryl methyl sites for hydroxylation is 1. The van der Waals surface area contributed by atoms with Crippen molar-refractivity contribution >= 4 is 40.8 Å². The molecule has 3 aliphatic carbocycles. The predicted octanol–water partition coefficient (Wildman–Crippen LogP) is -0.0462. The van der Waals surface area contributed by atoms with Crippen LogP contribution in [0, 0.1) is 6.92 Å². The van der Waals surface area contributed by atoms with E-state index in [1.165, 1.54) is 27.2 Å². The molecule has 294 valence electrons. The van der Waals surface area contributed by atoms with E-state index in [9.17, 15) is 49.2 Å². The van der Waals surface area contributed by atoms with Gasteiger partial charge in [0.2, 0.25) is 17.3 Å². The topological polar surface area (TPSA) is 260 Å². The van der Waals surface area contributed by atoms with Crippen LogP contribution in [0.1, 0.15) is 81.8 Å². The first kappa shape index (κ1) is 39.7. The van der Waals surface area contributed by atoms with Crippen LogP contribution in [0.2, 0.25) is 0 Å². The third-order valence-corrected chi connectivity index (χ3v) is 10.8. The molecule has 6 rings (SSSR count). The van der Waals surface area contributed by atoms with Crippen molar-refractivity contribution in [3.8, 4) is 11.5 Å². The van der Waals surface area contributed by atoms with E-state index in [2.05, 4.69) is 9.73 Å². The molecule has 0 aromatic heterocycles. The van der Waals surface area contributed by atoms with Gasteiger partial charge in [0, 0.05) is 44.4 Å². The summed E-state index contributed by atoms with van der Waals surface area (Å²) in [5.41, 5.74) is -10.1. The number of aromatic hydroxyl groups is 1. The van der Waals surface area contributed by atoms with Crippen molar-refractivity contribution in [3.63, 3.8) is 0 Å². The van der Waals surface area contributed by atoms with Crippen LogP contribution in [0.4, 0.5) is 0 Å². The first-order chi connectivity index (χ1) is 26.0. The number of Topliss-reactive ketones (excluding diaryl/α,β-unsaturated/α-hetero) is 4. The van der Waals surface area contributed by atoms with E-state index >= 15 is 0 Å². The van der Waals surface area contributed by atoms with Gasteiger partial charge in [-0.25, -0.2) is 9.59 Å². The zero-order valence-corrected chi connectivity index (χ0v) is 30.8. The third-order valence-electron chi connectivity index (χ3n) is 10.8. The molecule has 2 aromatic carbocycles. The van der Waals surface area contributed by atoms with Crippen molar-refractivity contribution in [2.45, 2.75) is 74.6 Å². The van der Waals surface area contributed by atoms with E-state index in [4.69, 9.17) is 28.4 Å². The van der Waals surface area contributed by atoms with Crippen molar-refractivity contribution in [1.82, 2.24) is 0 Å². The zero-order chi connectivity index (χ0) is 40.5. The van der Waals surface area contributed by atoms with Crippen molar-refractivity contribution in [2.75, 3.05) is 42.2 Å². The summed E-state index contributed by atoms with van der Waals surface area (Å²) >= 11 is 0. The number of ether oxygens (including phenoxy) is 7. The van der Waals surface area contributed by atoms with Crippen molar-refractivity contribution in [1.29, 1.82) is 0 Å². The van der Waals surface area contributed by atoms with E-state index in [0.717, 1.165) is 27.4 Å². The fourth-order valence-electron chi connectivity index (χ4n) is 8.21. The van der Waals surface area contributed by atoms with Gasteiger partial charge in [-0.2, -0.15) is 0 Å². The van der Waals surface area contributed by atoms with E-state index < -0.39 is 147 Å². The van der Waals surface area contributed by atoms with Gasteiger partial charge in [0.15, 0.2) is 29.8 Å². The van der Waals surface area contributed by atoms with Gasteiger partial charge in [-0.05, 0) is 31.0 Å². The standard InChI is InChI=1S/C37H39NO17/c1-13-8-15-9-20(40)37(53-7)33(46)24-17(32(45)36(37,48)25(15)30(22(13)35(47)52-6)54-12-21(41)49-3)10-16-23(27(24)43)19(39)11-18(26(16)42)38-34-31(51-5)28(44)29(50-4)14(2)55-34/h8,10,14,20,28-29,31,34,40,43-44,48H,9,11-12H2,1-7H3/t14-,20+,28+,29-,31+,34-,36-,37+/m0/s1. The predicted molar refractivity (Wildman–Crippen MR) is 183 cm³/mol. The van der Waals surface area contributed by atoms with Crippen LogP contribution in [0.15, 0.2) is 17.1 Å². The molecule has 18 heteroatoms. The molecule has 0 amide bonds. The maximum absolute atomic E-state index is 14.9. The second kappa shape index (κ2) is 14.3. The number of nitrogens with zero attached hydrogens (tertiary/aromatic N) is 1. The minimum absolute atomic E-state index is 0.00690. The normalized spacial score (nSPS) is 30.6. The Kier molecular flexibility index (Phi) is 10.3. The van der Waals surface area contributed by atoms with Gasteiger partial charge < -0.3 is 53.6 Å². The number of phenolic OH excluding ortho intramolecular Hbond substituents is 1. The summed E-state index contributed by atoms with van der Waals surface area (Å²) in [4.78, 5) is 87.1. The lowest BCUT2D eigenvalue weighted by molar-refractivity contribution is -0.228. The highest BCUT2D eigenvalue weighted by atomic mass is 16.6. The minimum Gasteiger partial charge on any atom is -0.506 e. The largest absolute Gasteiger partial charge is 0.506 e. The number of rotatable bonds is 8. The number of fused-ring (bicyclic) bond motifs is 5.